The normalized spacial score (nSPS) is 11.6. The molecule has 0 radical (unpaired) electrons. The van der Waals surface area contributed by atoms with Crippen LogP contribution in [-0.2, 0) is 16.6 Å². The molecule has 0 saturated carbocycles. The van der Waals surface area contributed by atoms with Gasteiger partial charge in [-0.3, -0.25) is 4.79 Å². The molecule has 0 aliphatic rings. The van der Waals surface area contributed by atoms with Crippen LogP contribution in [0, 0.1) is 0 Å². The van der Waals surface area contributed by atoms with Gasteiger partial charge in [0.15, 0.2) is 0 Å². The van der Waals surface area contributed by atoms with Crippen molar-refractivity contribution in [3.05, 3.63) is 11.8 Å². The summed E-state index contributed by atoms with van der Waals surface area (Å²) in [7, 11) is 0. The molecule has 0 amide bonds. The average Bonchev–Trinajstić information content (AvgIpc) is 2.32. The van der Waals surface area contributed by atoms with Gasteiger partial charge in [0.25, 0.3) is 0 Å². The first-order valence-corrected chi connectivity index (χ1v) is 3.94. The van der Waals surface area contributed by atoms with Crippen LogP contribution in [0.5, 0.6) is 0 Å². The van der Waals surface area contributed by atoms with Crippen LogP contribution in [0.3, 0.4) is 0 Å². The molecule has 0 aliphatic heterocycles. The van der Waals surface area contributed by atoms with Crippen molar-refractivity contribution in [2.45, 2.75) is 32.6 Å². The first-order chi connectivity index (χ1) is 5.89. The standard InChI is InChI=1S/C8H12N2O3/c1-8(2,3)7-10-9-5(13-7)4-6(11)12/h4H2,1-3H3,(H,11,12). The third-order valence-corrected chi connectivity index (χ3v) is 1.41. The van der Waals surface area contributed by atoms with Crippen LogP contribution in [0.2, 0.25) is 0 Å². The van der Waals surface area contributed by atoms with Crippen molar-refractivity contribution in [3.63, 3.8) is 0 Å². The lowest BCUT2D eigenvalue weighted by Gasteiger charge is -2.10. The SMILES string of the molecule is CC(C)(C)c1nnc(CC(=O)O)o1. The molecular weight excluding hydrogens is 172 g/mol. The second-order valence-electron chi connectivity index (χ2n) is 3.82. The highest BCUT2D eigenvalue weighted by Gasteiger charge is 2.21. The lowest BCUT2D eigenvalue weighted by Crippen LogP contribution is -2.11. The molecule has 1 N–H and O–H groups in total. The Morgan fingerprint density at radius 2 is 2.08 bits per heavy atom. The first-order valence-electron chi connectivity index (χ1n) is 3.94. The summed E-state index contributed by atoms with van der Waals surface area (Å²) in [4.78, 5) is 10.3. The molecule has 0 fully saturated rings. The number of aromatic nitrogens is 2. The third-order valence-electron chi connectivity index (χ3n) is 1.41. The molecule has 0 atom stereocenters. The van der Waals surface area contributed by atoms with Gasteiger partial charge in [-0.1, -0.05) is 20.8 Å². The minimum absolute atomic E-state index is 0.150. The molecule has 1 rings (SSSR count). The molecule has 5 nitrogen and oxygen atoms in total. The van der Waals surface area contributed by atoms with Crippen LogP contribution >= 0.6 is 0 Å². The van der Waals surface area contributed by atoms with Crippen molar-refractivity contribution in [2.75, 3.05) is 0 Å². The summed E-state index contributed by atoms with van der Waals surface area (Å²) < 4.78 is 5.16. The Hall–Kier alpha value is -1.39. The largest absolute Gasteiger partial charge is 0.481 e. The molecule has 13 heavy (non-hydrogen) atoms. The molecular formula is C8H12N2O3. The van der Waals surface area contributed by atoms with Crippen molar-refractivity contribution < 1.29 is 14.3 Å². The number of carboxylic acid groups (broad SMARTS) is 1. The van der Waals surface area contributed by atoms with Gasteiger partial charge in [-0.2, -0.15) is 0 Å². The fourth-order valence-corrected chi connectivity index (χ4v) is 0.757. The zero-order chi connectivity index (χ0) is 10.1. The number of rotatable bonds is 2. The summed E-state index contributed by atoms with van der Waals surface area (Å²) in [5.41, 5.74) is -0.232. The number of aliphatic carboxylic acids is 1. The highest BCUT2D eigenvalue weighted by atomic mass is 16.4. The van der Waals surface area contributed by atoms with Gasteiger partial charge in [-0.05, 0) is 0 Å². The van der Waals surface area contributed by atoms with Crippen molar-refractivity contribution in [1.82, 2.24) is 10.2 Å². The number of hydrogen-bond donors (Lipinski definition) is 1. The van der Waals surface area contributed by atoms with Crippen LogP contribution in [0.15, 0.2) is 4.42 Å². The second kappa shape index (κ2) is 3.16. The van der Waals surface area contributed by atoms with Crippen LogP contribution in [0.25, 0.3) is 0 Å². The molecule has 0 unspecified atom stereocenters. The van der Waals surface area contributed by atoms with E-state index in [9.17, 15) is 4.79 Å². The van der Waals surface area contributed by atoms with Crippen LogP contribution in [0.1, 0.15) is 32.6 Å². The van der Waals surface area contributed by atoms with E-state index in [-0.39, 0.29) is 17.7 Å². The minimum Gasteiger partial charge on any atom is -0.481 e. The predicted octanol–water partition coefficient (Wildman–Crippen LogP) is 0.994. The van der Waals surface area contributed by atoms with Crippen LogP contribution in [0.4, 0.5) is 0 Å². The van der Waals surface area contributed by atoms with E-state index in [0.29, 0.717) is 5.89 Å². The molecule has 72 valence electrons. The monoisotopic (exact) mass is 184 g/mol. The smallest absolute Gasteiger partial charge is 0.312 e. The first kappa shape index (κ1) is 9.70. The van der Waals surface area contributed by atoms with Gasteiger partial charge in [0.1, 0.15) is 6.42 Å². The fraction of sp³-hybridized carbons (Fsp3) is 0.625. The van der Waals surface area contributed by atoms with Crippen molar-refractivity contribution in [1.29, 1.82) is 0 Å². The van der Waals surface area contributed by atoms with Gasteiger partial charge in [-0.25, -0.2) is 0 Å². The van der Waals surface area contributed by atoms with Crippen molar-refractivity contribution in [2.24, 2.45) is 0 Å². The number of hydrogen-bond acceptors (Lipinski definition) is 4. The summed E-state index contributed by atoms with van der Waals surface area (Å²) in [5.74, 6) is -0.356. The Balaban J connectivity index is 2.81. The molecule has 0 aromatic carbocycles. The summed E-state index contributed by atoms with van der Waals surface area (Å²) in [6, 6.07) is 0. The maximum Gasteiger partial charge on any atom is 0.312 e. The lowest BCUT2D eigenvalue weighted by atomic mass is 9.97. The topological polar surface area (TPSA) is 76.2 Å². The molecule has 1 aromatic rings. The minimum atomic E-state index is -0.968. The average molecular weight is 184 g/mol. The van der Waals surface area contributed by atoms with Crippen molar-refractivity contribution >= 4 is 5.97 Å². The van der Waals surface area contributed by atoms with Gasteiger partial charge in [-0.15, -0.1) is 10.2 Å². The zero-order valence-electron chi connectivity index (χ0n) is 7.87. The van der Waals surface area contributed by atoms with Crippen molar-refractivity contribution in [3.8, 4) is 0 Å². The van der Waals surface area contributed by atoms with Crippen LogP contribution < -0.4 is 0 Å². The molecule has 0 aliphatic carbocycles. The summed E-state index contributed by atoms with van der Waals surface area (Å²) in [6.07, 6.45) is -0.219. The van der Waals surface area contributed by atoms with E-state index < -0.39 is 5.97 Å². The molecule has 0 saturated heterocycles. The summed E-state index contributed by atoms with van der Waals surface area (Å²) >= 11 is 0. The lowest BCUT2D eigenvalue weighted by molar-refractivity contribution is -0.136. The number of carboxylic acids is 1. The highest BCUT2D eigenvalue weighted by molar-refractivity contribution is 5.68. The van der Waals surface area contributed by atoms with E-state index in [1.54, 1.807) is 0 Å². The predicted molar refractivity (Wildman–Crippen MR) is 44.3 cm³/mol. The van der Waals surface area contributed by atoms with Gasteiger partial charge in [0, 0.05) is 5.41 Å². The van der Waals surface area contributed by atoms with E-state index in [0.717, 1.165) is 0 Å². The molecule has 5 heteroatoms. The van der Waals surface area contributed by atoms with E-state index in [1.807, 2.05) is 20.8 Å². The Bertz CT molecular complexity index is 311. The Kier molecular flexibility index (Phi) is 2.36. The van der Waals surface area contributed by atoms with Gasteiger partial charge >= 0.3 is 5.97 Å². The molecule has 0 bridgehead atoms. The summed E-state index contributed by atoms with van der Waals surface area (Å²) in [5, 5.41) is 15.8. The maximum absolute atomic E-state index is 10.3. The van der Waals surface area contributed by atoms with E-state index >= 15 is 0 Å². The Labute approximate surface area is 75.8 Å². The van der Waals surface area contributed by atoms with E-state index in [2.05, 4.69) is 10.2 Å². The fourth-order valence-electron chi connectivity index (χ4n) is 0.757. The van der Waals surface area contributed by atoms with E-state index in [1.165, 1.54) is 0 Å². The van der Waals surface area contributed by atoms with Crippen LogP contribution in [-0.4, -0.2) is 21.3 Å². The quantitative estimate of drug-likeness (QED) is 0.741. The Morgan fingerprint density at radius 3 is 2.46 bits per heavy atom. The van der Waals surface area contributed by atoms with Gasteiger partial charge in [0.2, 0.25) is 11.8 Å². The number of carbonyl (C=O) groups is 1. The maximum atomic E-state index is 10.3. The van der Waals surface area contributed by atoms with Gasteiger partial charge in [0.05, 0.1) is 0 Å². The number of nitrogens with zero attached hydrogens (tertiary/aromatic N) is 2. The Morgan fingerprint density at radius 1 is 1.46 bits per heavy atom. The third kappa shape index (κ3) is 2.54. The zero-order valence-corrected chi connectivity index (χ0v) is 7.87. The second-order valence-corrected chi connectivity index (χ2v) is 3.82. The molecule has 0 spiro atoms. The van der Waals surface area contributed by atoms with E-state index in [4.69, 9.17) is 9.52 Å². The summed E-state index contributed by atoms with van der Waals surface area (Å²) in [6.45, 7) is 5.77. The highest BCUT2D eigenvalue weighted by Crippen LogP contribution is 2.20. The molecule has 1 heterocycles. The van der Waals surface area contributed by atoms with Gasteiger partial charge < -0.3 is 9.52 Å². The molecule has 1 aromatic heterocycles.